The van der Waals surface area contributed by atoms with Gasteiger partial charge < -0.3 is 10.6 Å². The molecular formula is C11H14BrN3O. The van der Waals surface area contributed by atoms with Gasteiger partial charge in [0.2, 0.25) is 5.91 Å². The van der Waals surface area contributed by atoms with Gasteiger partial charge in [0.05, 0.1) is 5.41 Å². The van der Waals surface area contributed by atoms with Crippen molar-refractivity contribution in [3.05, 3.63) is 22.8 Å². The largest absolute Gasteiger partial charge is 0.369 e. The number of carbonyl (C=O) groups excluding carboxylic acids is 1. The Hall–Kier alpha value is -1.10. The van der Waals surface area contributed by atoms with Crippen molar-refractivity contribution in [3.8, 4) is 0 Å². The van der Waals surface area contributed by atoms with Gasteiger partial charge in [-0.1, -0.05) is 6.07 Å². The van der Waals surface area contributed by atoms with E-state index in [1.165, 1.54) is 0 Å². The summed E-state index contributed by atoms with van der Waals surface area (Å²) in [4.78, 5) is 17.8. The number of amides is 1. The minimum absolute atomic E-state index is 0.231. The zero-order valence-corrected chi connectivity index (χ0v) is 10.7. The predicted molar refractivity (Wildman–Crippen MR) is 66.1 cm³/mol. The molecule has 1 amide bonds. The van der Waals surface area contributed by atoms with Crippen molar-refractivity contribution in [2.75, 3.05) is 18.0 Å². The lowest BCUT2D eigenvalue weighted by molar-refractivity contribution is -0.125. The maximum absolute atomic E-state index is 11.3. The van der Waals surface area contributed by atoms with E-state index >= 15 is 0 Å². The van der Waals surface area contributed by atoms with Crippen molar-refractivity contribution in [1.82, 2.24) is 4.98 Å². The Morgan fingerprint density at radius 3 is 2.94 bits per heavy atom. The van der Waals surface area contributed by atoms with Crippen molar-refractivity contribution in [1.29, 1.82) is 0 Å². The monoisotopic (exact) mass is 283 g/mol. The number of halogens is 1. The summed E-state index contributed by atoms with van der Waals surface area (Å²) in [6.45, 7) is 3.38. The van der Waals surface area contributed by atoms with Crippen LogP contribution < -0.4 is 10.6 Å². The summed E-state index contributed by atoms with van der Waals surface area (Å²) >= 11 is 3.34. The van der Waals surface area contributed by atoms with Crippen LogP contribution in [0.3, 0.4) is 0 Å². The SMILES string of the molecule is CC1(C(N)=O)CCN(c2cccc(Br)n2)C1. The van der Waals surface area contributed by atoms with Crippen molar-refractivity contribution < 1.29 is 4.79 Å². The third-order valence-corrected chi connectivity index (χ3v) is 3.53. The first-order valence-corrected chi connectivity index (χ1v) is 5.98. The van der Waals surface area contributed by atoms with Gasteiger partial charge in [-0.05, 0) is 41.4 Å². The molecule has 1 aliphatic rings. The highest BCUT2D eigenvalue weighted by atomic mass is 79.9. The van der Waals surface area contributed by atoms with Gasteiger partial charge in [0.1, 0.15) is 10.4 Å². The molecule has 0 bridgehead atoms. The van der Waals surface area contributed by atoms with E-state index in [-0.39, 0.29) is 5.91 Å². The van der Waals surface area contributed by atoms with Crippen LogP contribution >= 0.6 is 15.9 Å². The van der Waals surface area contributed by atoms with E-state index in [4.69, 9.17) is 5.73 Å². The number of pyridine rings is 1. The number of anilines is 1. The van der Waals surface area contributed by atoms with Crippen molar-refractivity contribution >= 4 is 27.7 Å². The molecule has 2 heterocycles. The summed E-state index contributed by atoms with van der Waals surface area (Å²) in [7, 11) is 0. The molecule has 1 unspecified atom stereocenters. The van der Waals surface area contributed by atoms with Crippen LogP contribution in [0.5, 0.6) is 0 Å². The molecule has 86 valence electrons. The average Bonchev–Trinajstić information content (AvgIpc) is 2.62. The Labute approximate surface area is 103 Å². The minimum atomic E-state index is -0.427. The van der Waals surface area contributed by atoms with Gasteiger partial charge in [-0.25, -0.2) is 4.98 Å². The normalized spacial score (nSPS) is 24.8. The summed E-state index contributed by atoms with van der Waals surface area (Å²) in [5.41, 5.74) is 4.98. The van der Waals surface area contributed by atoms with Crippen molar-refractivity contribution in [2.24, 2.45) is 11.1 Å². The predicted octanol–water partition coefficient (Wildman–Crippen LogP) is 1.55. The first-order valence-electron chi connectivity index (χ1n) is 5.19. The lowest BCUT2D eigenvalue weighted by Gasteiger charge is -2.21. The zero-order valence-electron chi connectivity index (χ0n) is 9.11. The molecule has 2 N–H and O–H groups in total. The van der Waals surface area contributed by atoms with Gasteiger partial charge in [0.15, 0.2) is 0 Å². The van der Waals surface area contributed by atoms with Gasteiger partial charge in [0.25, 0.3) is 0 Å². The van der Waals surface area contributed by atoms with Crippen LogP contribution in [0, 0.1) is 5.41 Å². The van der Waals surface area contributed by atoms with Gasteiger partial charge >= 0.3 is 0 Å². The number of nitrogens with two attached hydrogens (primary N) is 1. The van der Waals surface area contributed by atoms with Crippen molar-refractivity contribution in [3.63, 3.8) is 0 Å². The van der Waals surface area contributed by atoms with E-state index in [0.29, 0.717) is 6.54 Å². The molecule has 0 aromatic carbocycles. The third-order valence-electron chi connectivity index (χ3n) is 3.09. The molecule has 2 rings (SSSR count). The van der Waals surface area contributed by atoms with Crippen LogP contribution in [0.4, 0.5) is 5.82 Å². The van der Waals surface area contributed by atoms with Crippen LogP contribution in [-0.4, -0.2) is 24.0 Å². The molecule has 1 atom stereocenters. The number of primary amides is 1. The summed E-state index contributed by atoms with van der Waals surface area (Å²) < 4.78 is 0.803. The lowest BCUT2D eigenvalue weighted by atomic mass is 9.89. The molecule has 1 aliphatic heterocycles. The number of carbonyl (C=O) groups is 1. The number of hydrogen-bond donors (Lipinski definition) is 1. The van der Waals surface area contributed by atoms with Gasteiger partial charge in [-0.2, -0.15) is 0 Å². The molecule has 0 saturated carbocycles. The Kier molecular flexibility index (Phi) is 2.88. The number of rotatable bonds is 2. The summed E-state index contributed by atoms with van der Waals surface area (Å²) in [6.07, 6.45) is 0.788. The molecule has 16 heavy (non-hydrogen) atoms. The highest BCUT2D eigenvalue weighted by Crippen LogP contribution is 2.32. The van der Waals surface area contributed by atoms with E-state index in [2.05, 4.69) is 25.8 Å². The molecule has 4 nitrogen and oxygen atoms in total. The molecule has 1 fully saturated rings. The second-order valence-electron chi connectivity index (χ2n) is 4.41. The quantitative estimate of drug-likeness (QED) is 0.838. The van der Waals surface area contributed by atoms with Crippen LogP contribution in [0.15, 0.2) is 22.8 Å². The highest BCUT2D eigenvalue weighted by molar-refractivity contribution is 9.10. The zero-order chi connectivity index (χ0) is 11.8. The van der Waals surface area contributed by atoms with E-state index in [9.17, 15) is 4.79 Å². The Bertz CT molecular complexity index is 423. The van der Waals surface area contributed by atoms with Crippen LogP contribution in [0.1, 0.15) is 13.3 Å². The van der Waals surface area contributed by atoms with Gasteiger partial charge in [-0.15, -0.1) is 0 Å². The molecule has 0 spiro atoms. The fraction of sp³-hybridized carbons (Fsp3) is 0.455. The molecular weight excluding hydrogens is 270 g/mol. The second kappa shape index (κ2) is 4.05. The van der Waals surface area contributed by atoms with E-state index < -0.39 is 5.41 Å². The Morgan fingerprint density at radius 2 is 2.38 bits per heavy atom. The fourth-order valence-corrected chi connectivity index (χ4v) is 2.27. The number of hydrogen-bond acceptors (Lipinski definition) is 3. The Morgan fingerprint density at radius 1 is 1.62 bits per heavy atom. The average molecular weight is 284 g/mol. The van der Waals surface area contributed by atoms with Gasteiger partial charge in [-0.3, -0.25) is 4.79 Å². The van der Waals surface area contributed by atoms with Crippen LogP contribution in [0.2, 0.25) is 0 Å². The maximum Gasteiger partial charge on any atom is 0.225 e. The molecule has 1 saturated heterocycles. The van der Waals surface area contributed by atoms with E-state index in [0.717, 1.165) is 23.4 Å². The first kappa shape index (κ1) is 11.4. The number of nitrogens with zero attached hydrogens (tertiary/aromatic N) is 2. The van der Waals surface area contributed by atoms with Crippen LogP contribution in [-0.2, 0) is 4.79 Å². The standard InChI is InChI=1S/C11H14BrN3O/c1-11(10(13)16)5-6-15(7-11)9-4-2-3-8(12)14-9/h2-4H,5-7H2,1H3,(H2,13,16). The lowest BCUT2D eigenvalue weighted by Crippen LogP contribution is -2.37. The summed E-state index contributed by atoms with van der Waals surface area (Å²) in [5.74, 6) is 0.657. The molecule has 0 radical (unpaired) electrons. The molecule has 1 aromatic heterocycles. The fourth-order valence-electron chi connectivity index (χ4n) is 1.93. The van der Waals surface area contributed by atoms with E-state index in [1.807, 2.05) is 25.1 Å². The van der Waals surface area contributed by atoms with Gasteiger partial charge in [0, 0.05) is 13.1 Å². The molecule has 5 heteroatoms. The smallest absolute Gasteiger partial charge is 0.225 e. The third kappa shape index (κ3) is 2.04. The van der Waals surface area contributed by atoms with Crippen molar-refractivity contribution in [2.45, 2.75) is 13.3 Å². The first-order chi connectivity index (χ1) is 7.51. The second-order valence-corrected chi connectivity index (χ2v) is 5.23. The minimum Gasteiger partial charge on any atom is -0.369 e. The number of aromatic nitrogens is 1. The maximum atomic E-state index is 11.3. The highest BCUT2D eigenvalue weighted by Gasteiger charge is 2.39. The van der Waals surface area contributed by atoms with E-state index in [1.54, 1.807) is 0 Å². The Balaban J connectivity index is 2.18. The molecule has 1 aromatic rings. The summed E-state index contributed by atoms with van der Waals surface area (Å²) in [6, 6.07) is 5.76. The summed E-state index contributed by atoms with van der Waals surface area (Å²) in [5, 5.41) is 0. The topological polar surface area (TPSA) is 59.2 Å². The van der Waals surface area contributed by atoms with Crippen LogP contribution in [0.25, 0.3) is 0 Å². The molecule has 0 aliphatic carbocycles.